The highest BCUT2D eigenvalue weighted by Crippen LogP contribution is 2.41. The number of anilines is 2. The Morgan fingerprint density at radius 2 is 2.00 bits per heavy atom. The molecule has 0 saturated carbocycles. The van der Waals surface area contributed by atoms with Crippen molar-refractivity contribution in [2.24, 2.45) is 5.92 Å². The first-order chi connectivity index (χ1) is 15.7. The van der Waals surface area contributed by atoms with Gasteiger partial charge in [0.05, 0.1) is 23.6 Å². The van der Waals surface area contributed by atoms with Crippen molar-refractivity contribution in [3.05, 3.63) is 53.7 Å². The number of carbonyl (C=O) groups excluding carboxylic acids is 1. The van der Waals surface area contributed by atoms with E-state index >= 15 is 0 Å². The van der Waals surface area contributed by atoms with Gasteiger partial charge >= 0.3 is 6.18 Å². The molecule has 0 aliphatic heterocycles. The predicted molar refractivity (Wildman–Crippen MR) is 124 cm³/mol. The SMILES string of the molecule is CCCCCOc1ccc(N(C(=O)C(C)C)c2nc(-c3cccnc3)cs2)cc1C(F)(F)F. The summed E-state index contributed by atoms with van der Waals surface area (Å²) in [7, 11) is 0. The number of benzene rings is 1. The van der Waals surface area contributed by atoms with Gasteiger partial charge in [-0.25, -0.2) is 4.98 Å². The Kier molecular flexibility index (Phi) is 8.07. The van der Waals surface area contributed by atoms with Gasteiger partial charge in [0.25, 0.3) is 0 Å². The molecule has 5 nitrogen and oxygen atoms in total. The molecule has 33 heavy (non-hydrogen) atoms. The van der Waals surface area contributed by atoms with Gasteiger partial charge in [-0.3, -0.25) is 14.7 Å². The summed E-state index contributed by atoms with van der Waals surface area (Å²) in [6.45, 7) is 5.60. The highest BCUT2D eigenvalue weighted by Gasteiger charge is 2.36. The molecule has 0 spiro atoms. The summed E-state index contributed by atoms with van der Waals surface area (Å²) in [6, 6.07) is 7.30. The van der Waals surface area contributed by atoms with E-state index in [9.17, 15) is 18.0 Å². The first-order valence-corrected chi connectivity index (χ1v) is 11.6. The fourth-order valence-electron chi connectivity index (χ4n) is 3.14. The van der Waals surface area contributed by atoms with Gasteiger partial charge in [-0.15, -0.1) is 11.3 Å². The molecule has 1 amide bonds. The summed E-state index contributed by atoms with van der Waals surface area (Å²) < 4.78 is 47.0. The Balaban J connectivity index is 2.01. The Morgan fingerprint density at radius 3 is 2.64 bits per heavy atom. The summed E-state index contributed by atoms with van der Waals surface area (Å²) in [5, 5.41) is 2.04. The number of nitrogens with zero attached hydrogens (tertiary/aromatic N) is 3. The van der Waals surface area contributed by atoms with Gasteiger partial charge in [0.15, 0.2) is 5.13 Å². The summed E-state index contributed by atoms with van der Waals surface area (Å²) >= 11 is 1.18. The van der Waals surface area contributed by atoms with E-state index in [0.717, 1.165) is 24.5 Å². The molecule has 0 atom stereocenters. The van der Waals surface area contributed by atoms with E-state index in [0.29, 0.717) is 12.1 Å². The van der Waals surface area contributed by atoms with E-state index in [4.69, 9.17) is 4.74 Å². The number of unbranched alkanes of at least 4 members (excludes halogenated alkanes) is 2. The molecule has 0 bridgehead atoms. The number of rotatable bonds is 9. The molecule has 2 heterocycles. The quantitative estimate of drug-likeness (QED) is 0.308. The summed E-state index contributed by atoms with van der Waals surface area (Å²) in [6.07, 6.45) is 1.13. The Morgan fingerprint density at radius 1 is 1.21 bits per heavy atom. The summed E-state index contributed by atoms with van der Waals surface area (Å²) in [5.74, 6) is -1.05. The highest BCUT2D eigenvalue weighted by molar-refractivity contribution is 7.14. The van der Waals surface area contributed by atoms with Crippen LogP contribution in [0.1, 0.15) is 45.6 Å². The van der Waals surface area contributed by atoms with Crippen LogP contribution in [0.15, 0.2) is 48.1 Å². The fraction of sp³-hybridized carbons (Fsp3) is 0.375. The number of ether oxygens (including phenoxy) is 1. The topological polar surface area (TPSA) is 55.3 Å². The smallest absolute Gasteiger partial charge is 0.420 e. The van der Waals surface area contributed by atoms with E-state index in [-0.39, 0.29) is 29.1 Å². The molecule has 0 N–H and O–H groups in total. The minimum Gasteiger partial charge on any atom is -0.493 e. The van der Waals surface area contributed by atoms with Crippen molar-refractivity contribution in [1.82, 2.24) is 9.97 Å². The molecular weight excluding hydrogens is 451 g/mol. The van der Waals surface area contributed by atoms with Crippen LogP contribution < -0.4 is 9.64 Å². The van der Waals surface area contributed by atoms with E-state index < -0.39 is 17.7 Å². The van der Waals surface area contributed by atoms with Crippen molar-refractivity contribution in [2.75, 3.05) is 11.5 Å². The van der Waals surface area contributed by atoms with Crippen LogP contribution >= 0.6 is 11.3 Å². The molecule has 1 aromatic carbocycles. The molecule has 3 aromatic rings. The number of pyridine rings is 1. The Bertz CT molecular complexity index is 1070. The molecule has 3 rings (SSSR count). The largest absolute Gasteiger partial charge is 0.493 e. The third-order valence-corrected chi connectivity index (χ3v) is 5.71. The average Bonchev–Trinajstić information content (AvgIpc) is 3.27. The lowest BCUT2D eigenvalue weighted by Gasteiger charge is -2.24. The van der Waals surface area contributed by atoms with Crippen LogP contribution in [0.25, 0.3) is 11.3 Å². The third-order valence-electron chi connectivity index (χ3n) is 4.89. The van der Waals surface area contributed by atoms with E-state index in [2.05, 4.69) is 9.97 Å². The molecule has 2 aromatic heterocycles. The van der Waals surface area contributed by atoms with Crippen molar-refractivity contribution in [2.45, 2.75) is 46.2 Å². The van der Waals surface area contributed by atoms with Crippen LogP contribution in [0.4, 0.5) is 24.0 Å². The molecular formula is C24H26F3N3O2S. The predicted octanol–water partition coefficient (Wildman–Crippen LogP) is 7.11. The first-order valence-electron chi connectivity index (χ1n) is 10.8. The number of thiazole rings is 1. The third kappa shape index (κ3) is 6.10. The van der Waals surface area contributed by atoms with Crippen LogP contribution in [0.3, 0.4) is 0 Å². The minimum atomic E-state index is -4.63. The lowest BCUT2D eigenvalue weighted by molar-refractivity contribution is -0.139. The van der Waals surface area contributed by atoms with Gasteiger partial charge in [0, 0.05) is 29.3 Å². The number of halogens is 3. The molecule has 0 unspecified atom stereocenters. The van der Waals surface area contributed by atoms with Crippen LogP contribution in [-0.2, 0) is 11.0 Å². The average molecular weight is 478 g/mol. The van der Waals surface area contributed by atoms with E-state index in [1.54, 1.807) is 37.7 Å². The zero-order valence-electron chi connectivity index (χ0n) is 18.7. The normalized spacial score (nSPS) is 11.6. The second-order valence-corrected chi connectivity index (χ2v) is 8.66. The van der Waals surface area contributed by atoms with Crippen molar-refractivity contribution in [3.8, 4) is 17.0 Å². The van der Waals surface area contributed by atoms with Crippen molar-refractivity contribution in [1.29, 1.82) is 0 Å². The highest BCUT2D eigenvalue weighted by atomic mass is 32.1. The first kappa shape index (κ1) is 24.7. The van der Waals surface area contributed by atoms with Crippen LogP contribution in [0.2, 0.25) is 0 Å². The zero-order valence-corrected chi connectivity index (χ0v) is 19.5. The van der Waals surface area contributed by atoms with Crippen molar-refractivity contribution in [3.63, 3.8) is 0 Å². The molecule has 0 saturated heterocycles. The number of amides is 1. The van der Waals surface area contributed by atoms with Crippen LogP contribution in [0.5, 0.6) is 5.75 Å². The lowest BCUT2D eigenvalue weighted by Crippen LogP contribution is -2.30. The summed E-state index contributed by atoms with van der Waals surface area (Å²) in [4.78, 5) is 22.9. The maximum Gasteiger partial charge on any atom is 0.420 e. The molecule has 0 aliphatic rings. The Labute approximate surface area is 195 Å². The maximum atomic E-state index is 13.9. The number of hydrogen-bond donors (Lipinski definition) is 0. The summed E-state index contributed by atoms with van der Waals surface area (Å²) in [5.41, 5.74) is 0.524. The monoisotopic (exact) mass is 477 g/mol. The maximum absolute atomic E-state index is 13.9. The van der Waals surface area contributed by atoms with Gasteiger partial charge < -0.3 is 4.74 Å². The lowest BCUT2D eigenvalue weighted by atomic mass is 10.1. The molecule has 176 valence electrons. The van der Waals surface area contributed by atoms with Gasteiger partial charge in [-0.1, -0.05) is 33.6 Å². The molecule has 0 aliphatic carbocycles. The zero-order chi connectivity index (χ0) is 24.0. The van der Waals surface area contributed by atoms with Gasteiger partial charge in [0.1, 0.15) is 5.75 Å². The Hall–Kier alpha value is -2.94. The van der Waals surface area contributed by atoms with Crippen molar-refractivity contribution >= 4 is 28.1 Å². The fourth-order valence-corrected chi connectivity index (χ4v) is 4.00. The number of hydrogen-bond acceptors (Lipinski definition) is 5. The van der Waals surface area contributed by atoms with E-state index in [1.807, 2.05) is 13.0 Å². The number of carbonyl (C=O) groups is 1. The van der Waals surface area contributed by atoms with Gasteiger partial charge in [-0.2, -0.15) is 13.2 Å². The van der Waals surface area contributed by atoms with Gasteiger partial charge in [0.2, 0.25) is 5.91 Å². The number of aromatic nitrogens is 2. The molecule has 0 fully saturated rings. The number of alkyl halides is 3. The van der Waals surface area contributed by atoms with Crippen LogP contribution in [-0.4, -0.2) is 22.5 Å². The van der Waals surface area contributed by atoms with Crippen molar-refractivity contribution < 1.29 is 22.7 Å². The van der Waals surface area contributed by atoms with E-state index in [1.165, 1.54) is 28.4 Å². The van der Waals surface area contributed by atoms with Crippen LogP contribution in [0, 0.1) is 5.92 Å². The van der Waals surface area contributed by atoms with Gasteiger partial charge in [-0.05, 0) is 36.8 Å². The standard InChI is InChI=1S/C24H26F3N3O2S/c1-4-5-6-12-32-21-10-9-18(13-19(21)24(25,26)27)30(22(31)16(2)3)23-29-20(15-33-23)17-8-7-11-28-14-17/h7-11,13-16H,4-6,12H2,1-3H3. The molecule has 9 heteroatoms. The second kappa shape index (κ2) is 10.8. The second-order valence-electron chi connectivity index (χ2n) is 7.82. The molecule has 0 radical (unpaired) electrons. The minimum absolute atomic E-state index is 0.0917.